The topological polar surface area (TPSA) is 0 Å². The molecule has 78 valence electrons. The Morgan fingerprint density at radius 2 is 1.43 bits per heavy atom. The fraction of sp³-hybridized carbons (Fsp3) is 0.538. The predicted octanol–water partition coefficient (Wildman–Crippen LogP) is 3.23. The van der Waals surface area contributed by atoms with Crippen molar-refractivity contribution in [1.82, 2.24) is 0 Å². The van der Waals surface area contributed by atoms with Gasteiger partial charge in [-0.2, -0.15) is 0 Å². The van der Waals surface area contributed by atoms with Gasteiger partial charge in [-0.15, -0.1) is 0 Å². The van der Waals surface area contributed by atoms with E-state index in [0.29, 0.717) is 12.1 Å². The van der Waals surface area contributed by atoms with Gasteiger partial charge in [-0.3, -0.25) is 0 Å². The van der Waals surface area contributed by atoms with Crippen molar-refractivity contribution in [2.75, 3.05) is 14.1 Å². The van der Waals surface area contributed by atoms with Gasteiger partial charge in [0.25, 0.3) is 0 Å². The van der Waals surface area contributed by atoms with Crippen LogP contribution >= 0.6 is 0 Å². The molecule has 0 saturated heterocycles. The lowest BCUT2D eigenvalue weighted by molar-refractivity contribution is -0.939. The van der Waals surface area contributed by atoms with Gasteiger partial charge in [-0.25, -0.2) is 0 Å². The number of hydrogen-bond donors (Lipinski definition) is 0. The Bertz CT molecular complexity index is 275. The Morgan fingerprint density at radius 1 is 0.929 bits per heavy atom. The Hall–Kier alpha value is -0.820. The minimum atomic E-state index is 0.552. The van der Waals surface area contributed by atoms with E-state index in [1.807, 2.05) is 0 Å². The average molecular weight is 192 g/mol. The van der Waals surface area contributed by atoms with E-state index < -0.39 is 0 Å². The molecule has 14 heavy (non-hydrogen) atoms. The molecule has 0 N–H and O–H groups in total. The normalized spacial score (nSPS) is 14.4. The van der Waals surface area contributed by atoms with Gasteiger partial charge in [0.05, 0.1) is 20.1 Å². The zero-order chi connectivity index (χ0) is 10.8. The van der Waals surface area contributed by atoms with Crippen LogP contribution < -0.4 is 0 Å². The van der Waals surface area contributed by atoms with Crippen molar-refractivity contribution in [2.24, 2.45) is 0 Å². The van der Waals surface area contributed by atoms with Gasteiger partial charge in [0.2, 0.25) is 0 Å². The van der Waals surface area contributed by atoms with Crippen LogP contribution in [0.25, 0.3) is 0 Å². The maximum Gasteiger partial charge on any atom is 0.112 e. The first kappa shape index (κ1) is 11.3. The van der Waals surface area contributed by atoms with Gasteiger partial charge >= 0.3 is 0 Å². The minimum Gasteiger partial charge on any atom is -0.321 e. The van der Waals surface area contributed by atoms with Gasteiger partial charge < -0.3 is 4.48 Å². The fourth-order valence-electron chi connectivity index (χ4n) is 1.56. The number of nitrogens with zero attached hydrogens (tertiary/aromatic N) is 1. The molecule has 0 fully saturated rings. The van der Waals surface area contributed by atoms with E-state index in [0.717, 1.165) is 4.48 Å². The summed E-state index contributed by atoms with van der Waals surface area (Å²) in [6.45, 7) is 6.86. The van der Waals surface area contributed by atoms with Crippen LogP contribution in [0, 0.1) is 0 Å². The van der Waals surface area contributed by atoms with Crippen LogP contribution in [0.15, 0.2) is 30.3 Å². The van der Waals surface area contributed by atoms with Crippen molar-refractivity contribution < 1.29 is 4.48 Å². The van der Waals surface area contributed by atoms with Gasteiger partial charge in [-0.05, 0) is 20.8 Å². The van der Waals surface area contributed by atoms with Crippen molar-refractivity contribution in [1.29, 1.82) is 0 Å². The lowest BCUT2D eigenvalue weighted by atomic mass is 10.0. The van der Waals surface area contributed by atoms with E-state index in [1.54, 1.807) is 0 Å². The monoisotopic (exact) mass is 192 g/mol. The molecule has 1 nitrogen and oxygen atoms in total. The summed E-state index contributed by atoms with van der Waals surface area (Å²) in [4.78, 5) is 0. The minimum absolute atomic E-state index is 0.552. The third-order valence-electron chi connectivity index (χ3n) is 3.61. The van der Waals surface area contributed by atoms with Crippen molar-refractivity contribution in [3.8, 4) is 0 Å². The molecule has 0 spiro atoms. The highest BCUT2D eigenvalue weighted by Crippen LogP contribution is 2.26. The molecule has 1 aromatic rings. The highest BCUT2D eigenvalue weighted by molar-refractivity contribution is 5.16. The third kappa shape index (κ3) is 2.16. The van der Waals surface area contributed by atoms with Crippen LogP contribution in [0.1, 0.15) is 32.4 Å². The quantitative estimate of drug-likeness (QED) is 0.645. The van der Waals surface area contributed by atoms with E-state index in [4.69, 9.17) is 0 Å². The lowest BCUT2D eigenvalue weighted by Crippen LogP contribution is -2.47. The highest BCUT2D eigenvalue weighted by Gasteiger charge is 2.28. The second-order valence-corrected chi connectivity index (χ2v) is 4.81. The molecule has 0 aliphatic heterocycles. The Labute approximate surface area is 88.0 Å². The SMILES string of the molecule is CC(C)[N+](C)(C)C(C)c1ccccc1. The van der Waals surface area contributed by atoms with Crippen molar-refractivity contribution in [2.45, 2.75) is 32.9 Å². The smallest absolute Gasteiger partial charge is 0.112 e. The summed E-state index contributed by atoms with van der Waals surface area (Å²) >= 11 is 0. The number of hydrogen-bond acceptors (Lipinski definition) is 0. The van der Waals surface area contributed by atoms with Crippen molar-refractivity contribution in [3.63, 3.8) is 0 Å². The zero-order valence-electron chi connectivity index (χ0n) is 9.99. The Balaban J connectivity index is 2.90. The summed E-state index contributed by atoms with van der Waals surface area (Å²) in [7, 11) is 4.59. The van der Waals surface area contributed by atoms with E-state index in [-0.39, 0.29) is 0 Å². The molecule has 1 atom stereocenters. The van der Waals surface area contributed by atoms with Crippen LogP contribution in [0.4, 0.5) is 0 Å². The molecule has 0 heterocycles. The molecule has 0 amide bonds. The summed E-state index contributed by atoms with van der Waals surface area (Å²) < 4.78 is 1.03. The van der Waals surface area contributed by atoms with E-state index in [1.165, 1.54) is 5.56 Å². The first-order valence-electron chi connectivity index (χ1n) is 5.34. The lowest BCUT2D eigenvalue weighted by Gasteiger charge is -2.40. The number of benzene rings is 1. The molecule has 0 aliphatic carbocycles. The average Bonchev–Trinajstić information content (AvgIpc) is 2.17. The first-order valence-corrected chi connectivity index (χ1v) is 5.34. The Morgan fingerprint density at radius 3 is 1.86 bits per heavy atom. The summed E-state index contributed by atoms with van der Waals surface area (Å²) in [5.74, 6) is 0. The highest BCUT2D eigenvalue weighted by atomic mass is 15.3. The molecule has 0 saturated carbocycles. The van der Waals surface area contributed by atoms with Crippen LogP contribution in [0.3, 0.4) is 0 Å². The van der Waals surface area contributed by atoms with E-state index in [2.05, 4.69) is 65.2 Å². The summed E-state index contributed by atoms with van der Waals surface area (Å²) in [5.41, 5.74) is 1.42. The molecule has 0 aromatic heterocycles. The van der Waals surface area contributed by atoms with Crippen molar-refractivity contribution >= 4 is 0 Å². The zero-order valence-corrected chi connectivity index (χ0v) is 9.99. The summed E-state index contributed by atoms with van der Waals surface area (Å²) in [6, 6.07) is 11.9. The second kappa shape index (κ2) is 4.14. The molecule has 0 radical (unpaired) electrons. The Kier molecular flexibility index (Phi) is 3.33. The fourth-order valence-corrected chi connectivity index (χ4v) is 1.56. The molecular formula is C13H22N+. The number of rotatable bonds is 3. The third-order valence-corrected chi connectivity index (χ3v) is 3.61. The van der Waals surface area contributed by atoms with Crippen LogP contribution in [-0.4, -0.2) is 24.6 Å². The van der Waals surface area contributed by atoms with Crippen LogP contribution in [0.2, 0.25) is 0 Å². The van der Waals surface area contributed by atoms with Crippen molar-refractivity contribution in [3.05, 3.63) is 35.9 Å². The number of quaternary nitrogens is 1. The van der Waals surface area contributed by atoms with Gasteiger partial charge in [0, 0.05) is 5.56 Å². The molecule has 1 heteroatoms. The molecule has 0 aliphatic rings. The van der Waals surface area contributed by atoms with E-state index in [9.17, 15) is 0 Å². The van der Waals surface area contributed by atoms with Gasteiger partial charge in [0.1, 0.15) is 6.04 Å². The molecule has 0 bridgehead atoms. The van der Waals surface area contributed by atoms with E-state index >= 15 is 0 Å². The standard InChI is InChI=1S/C13H22N/c1-11(2)14(4,5)12(3)13-9-7-6-8-10-13/h6-12H,1-5H3/q+1. The molecular weight excluding hydrogens is 170 g/mol. The molecule has 1 unspecified atom stereocenters. The maximum atomic E-state index is 2.30. The maximum absolute atomic E-state index is 2.30. The second-order valence-electron chi connectivity index (χ2n) is 4.81. The van der Waals surface area contributed by atoms with Crippen LogP contribution in [0.5, 0.6) is 0 Å². The van der Waals surface area contributed by atoms with Gasteiger partial charge in [-0.1, -0.05) is 30.3 Å². The van der Waals surface area contributed by atoms with Crippen LogP contribution in [-0.2, 0) is 0 Å². The summed E-state index contributed by atoms with van der Waals surface area (Å²) in [5, 5.41) is 0. The molecule has 1 rings (SSSR count). The summed E-state index contributed by atoms with van der Waals surface area (Å²) in [6.07, 6.45) is 0. The predicted molar refractivity (Wildman–Crippen MR) is 62.1 cm³/mol. The molecule has 1 aromatic carbocycles. The van der Waals surface area contributed by atoms with Gasteiger partial charge in [0.15, 0.2) is 0 Å². The first-order chi connectivity index (χ1) is 6.46. The largest absolute Gasteiger partial charge is 0.321 e.